The van der Waals surface area contributed by atoms with Gasteiger partial charge >= 0.3 is 0 Å². The van der Waals surface area contributed by atoms with E-state index >= 15 is 0 Å². The monoisotopic (exact) mass is 239 g/mol. The first kappa shape index (κ1) is 13.8. The van der Waals surface area contributed by atoms with Gasteiger partial charge in [0.1, 0.15) is 11.5 Å². The summed E-state index contributed by atoms with van der Waals surface area (Å²) in [7, 11) is 0. The van der Waals surface area contributed by atoms with Gasteiger partial charge in [-0.25, -0.2) is 0 Å². The third kappa shape index (κ3) is 4.63. The first-order chi connectivity index (χ1) is 8.15. The molecule has 0 aromatic heterocycles. The van der Waals surface area contributed by atoms with Gasteiger partial charge in [0.25, 0.3) is 0 Å². The zero-order valence-electron chi connectivity index (χ0n) is 10.2. The first-order valence-corrected chi connectivity index (χ1v) is 6.01. The number of benzene rings is 1. The van der Waals surface area contributed by atoms with E-state index in [2.05, 4.69) is 5.32 Å². The summed E-state index contributed by atoms with van der Waals surface area (Å²) in [5.74, 6) is 0.182. The van der Waals surface area contributed by atoms with Crippen LogP contribution in [0.2, 0.25) is 0 Å². The average Bonchev–Trinajstić information content (AvgIpc) is 2.28. The molecule has 0 bridgehead atoms. The minimum absolute atomic E-state index is 0.0460. The molecule has 96 valence electrons. The molecule has 17 heavy (non-hydrogen) atoms. The molecule has 0 fully saturated rings. The van der Waals surface area contributed by atoms with Gasteiger partial charge in [-0.05, 0) is 38.8 Å². The Bertz CT molecular complexity index is 341. The lowest BCUT2D eigenvalue weighted by atomic mass is 10.1. The number of hydrogen-bond donors (Lipinski definition) is 4. The van der Waals surface area contributed by atoms with Gasteiger partial charge in [-0.2, -0.15) is 0 Å². The van der Waals surface area contributed by atoms with Gasteiger partial charge in [-0.3, -0.25) is 0 Å². The molecule has 0 amide bonds. The Morgan fingerprint density at radius 3 is 2.59 bits per heavy atom. The van der Waals surface area contributed by atoms with Crippen LogP contribution in [-0.2, 0) is 0 Å². The molecular formula is C13H21NO3. The molecule has 4 nitrogen and oxygen atoms in total. The number of unbranched alkanes of at least 4 members (excludes halogenated alkanes) is 2. The smallest absolute Gasteiger partial charge is 0.124 e. The van der Waals surface area contributed by atoms with Crippen molar-refractivity contribution in [2.75, 3.05) is 13.2 Å². The SMILES string of the molecule is CC(NCCCCCO)c1ccc(O)cc1O. The number of phenolic OH excluding ortho intramolecular Hbond substituents is 2. The number of aromatic hydroxyl groups is 2. The summed E-state index contributed by atoms with van der Waals surface area (Å²) >= 11 is 0. The predicted molar refractivity (Wildman–Crippen MR) is 67.1 cm³/mol. The van der Waals surface area contributed by atoms with Gasteiger partial charge in [0, 0.05) is 24.3 Å². The fraction of sp³-hybridized carbons (Fsp3) is 0.538. The molecule has 0 aliphatic rings. The van der Waals surface area contributed by atoms with Gasteiger partial charge < -0.3 is 20.6 Å². The number of aliphatic hydroxyl groups is 1. The number of hydrogen-bond acceptors (Lipinski definition) is 4. The van der Waals surface area contributed by atoms with Crippen LogP contribution < -0.4 is 5.32 Å². The number of nitrogens with one attached hydrogen (secondary N) is 1. The van der Waals surface area contributed by atoms with Crippen molar-refractivity contribution in [3.63, 3.8) is 0 Å². The van der Waals surface area contributed by atoms with Crippen molar-refractivity contribution in [3.8, 4) is 11.5 Å². The van der Waals surface area contributed by atoms with Crippen molar-refractivity contribution in [1.29, 1.82) is 0 Å². The molecule has 0 aliphatic heterocycles. The fourth-order valence-corrected chi connectivity index (χ4v) is 1.74. The maximum Gasteiger partial charge on any atom is 0.124 e. The largest absolute Gasteiger partial charge is 0.508 e. The summed E-state index contributed by atoms with van der Waals surface area (Å²) in [6.45, 7) is 3.06. The molecule has 1 unspecified atom stereocenters. The second kappa shape index (κ2) is 7.14. The van der Waals surface area contributed by atoms with Gasteiger partial charge in [-0.15, -0.1) is 0 Å². The van der Waals surface area contributed by atoms with Crippen molar-refractivity contribution in [1.82, 2.24) is 5.32 Å². The molecule has 0 radical (unpaired) electrons. The standard InChI is InChI=1S/C13H21NO3/c1-10(14-7-3-2-4-8-15)12-6-5-11(16)9-13(12)17/h5-6,9-10,14-17H,2-4,7-8H2,1H3. The van der Waals surface area contributed by atoms with Crippen molar-refractivity contribution in [2.45, 2.75) is 32.2 Å². The normalized spacial score (nSPS) is 12.6. The van der Waals surface area contributed by atoms with Crippen molar-refractivity contribution >= 4 is 0 Å². The maximum atomic E-state index is 9.67. The van der Waals surface area contributed by atoms with E-state index in [-0.39, 0.29) is 24.1 Å². The second-order valence-corrected chi connectivity index (χ2v) is 4.20. The number of phenols is 2. The third-order valence-electron chi connectivity index (χ3n) is 2.77. The van der Waals surface area contributed by atoms with Crippen molar-refractivity contribution in [3.05, 3.63) is 23.8 Å². The summed E-state index contributed by atoms with van der Waals surface area (Å²) in [5, 5.41) is 30.8. The zero-order valence-corrected chi connectivity index (χ0v) is 10.2. The Morgan fingerprint density at radius 1 is 1.18 bits per heavy atom. The lowest BCUT2D eigenvalue weighted by Gasteiger charge is -2.15. The maximum absolute atomic E-state index is 9.67. The van der Waals surface area contributed by atoms with Crippen LogP contribution in [-0.4, -0.2) is 28.5 Å². The second-order valence-electron chi connectivity index (χ2n) is 4.20. The van der Waals surface area contributed by atoms with Gasteiger partial charge in [0.2, 0.25) is 0 Å². The molecule has 1 aromatic carbocycles. The van der Waals surface area contributed by atoms with E-state index in [0.717, 1.165) is 31.4 Å². The van der Waals surface area contributed by atoms with Crippen molar-refractivity contribution < 1.29 is 15.3 Å². The van der Waals surface area contributed by atoms with Gasteiger partial charge in [0.15, 0.2) is 0 Å². The van der Waals surface area contributed by atoms with Crippen LogP contribution in [0.15, 0.2) is 18.2 Å². The quantitative estimate of drug-likeness (QED) is 0.548. The van der Waals surface area contributed by atoms with E-state index in [1.54, 1.807) is 12.1 Å². The molecule has 0 saturated carbocycles. The molecule has 0 spiro atoms. The van der Waals surface area contributed by atoms with Gasteiger partial charge in [0.05, 0.1) is 0 Å². The average molecular weight is 239 g/mol. The zero-order chi connectivity index (χ0) is 12.7. The highest BCUT2D eigenvalue weighted by Gasteiger charge is 2.09. The van der Waals surface area contributed by atoms with Crippen LogP contribution >= 0.6 is 0 Å². The Morgan fingerprint density at radius 2 is 1.94 bits per heavy atom. The Labute approximate surface area is 102 Å². The summed E-state index contributed by atoms with van der Waals surface area (Å²) in [6, 6.07) is 4.68. The summed E-state index contributed by atoms with van der Waals surface area (Å²) in [4.78, 5) is 0. The Kier molecular flexibility index (Phi) is 5.80. The lowest BCUT2D eigenvalue weighted by molar-refractivity contribution is 0.282. The van der Waals surface area contributed by atoms with Crippen LogP contribution in [0.5, 0.6) is 11.5 Å². The molecule has 0 aliphatic carbocycles. The number of aliphatic hydroxyl groups excluding tert-OH is 1. The molecule has 1 atom stereocenters. The van der Waals surface area contributed by atoms with E-state index in [4.69, 9.17) is 5.11 Å². The summed E-state index contributed by atoms with van der Waals surface area (Å²) < 4.78 is 0. The van der Waals surface area contributed by atoms with Crippen LogP contribution in [0.25, 0.3) is 0 Å². The van der Waals surface area contributed by atoms with E-state index in [1.807, 2.05) is 6.92 Å². The minimum Gasteiger partial charge on any atom is -0.508 e. The van der Waals surface area contributed by atoms with Crippen LogP contribution in [0.4, 0.5) is 0 Å². The van der Waals surface area contributed by atoms with Crippen LogP contribution in [0.1, 0.15) is 37.8 Å². The molecule has 0 heterocycles. The highest BCUT2D eigenvalue weighted by atomic mass is 16.3. The van der Waals surface area contributed by atoms with E-state index in [0.29, 0.717) is 0 Å². The van der Waals surface area contributed by atoms with Crippen LogP contribution in [0, 0.1) is 0 Å². The highest BCUT2D eigenvalue weighted by molar-refractivity contribution is 5.40. The molecule has 4 heteroatoms. The van der Waals surface area contributed by atoms with E-state index < -0.39 is 0 Å². The third-order valence-corrected chi connectivity index (χ3v) is 2.77. The topological polar surface area (TPSA) is 72.7 Å². The molecular weight excluding hydrogens is 218 g/mol. The minimum atomic E-state index is 0.0460. The Hall–Kier alpha value is -1.26. The fourth-order valence-electron chi connectivity index (χ4n) is 1.74. The highest BCUT2D eigenvalue weighted by Crippen LogP contribution is 2.27. The molecule has 4 N–H and O–H groups in total. The molecule has 0 saturated heterocycles. The van der Waals surface area contributed by atoms with Gasteiger partial charge in [-0.1, -0.05) is 6.07 Å². The number of rotatable bonds is 7. The van der Waals surface area contributed by atoms with E-state index in [1.165, 1.54) is 6.07 Å². The predicted octanol–water partition coefficient (Wildman–Crippen LogP) is 1.91. The first-order valence-electron chi connectivity index (χ1n) is 6.01. The van der Waals surface area contributed by atoms with E-state index in [9.17, 15) is 10.2 Å². The molecule has 1 aromatic rings. The van der Waals surface area contributed by atoms with Crippen molar-refractivity contribution in [2.24, 2.45) is 0 Å². The Balaban J connectivity index is 2.38. The van der Waals surface area contributed by atoms with Crippen LogP contribution in [0.3, 0.4) is 0 Å². The lowest BCUT2D eigenvalue weighted by Crippen LogP contribution is -2.19. The summed E-state index contributed by atoms with van der Waals surface area (Å²) in [6.07, 6.45) is 2.84. The summed E-state index contributed by atoms with van der Waals surface area (Å²) in [5.41, 5.74) is 0.782. The molecule has 1 rings (SSSR count).